The van der Waals surface area contributed by atoms with Gasteiger partial charge in [-0.05, 0) is 61.8 Å². The van der Waals surface area contributed by atoms with Crippen molar-refractivity contribution in [1.29, 1.82) is 5.26 Å². The van der Waals surface area contributed by atoms with Crippen molar-refractivity contribution in [2.45, 2.75) is 51.9 Å². The highest BCUT2D eigenvalue weighted by Gasteiger charge is 2.21. The summed E-state index contributed by atoms with van der Waals surface area (Å²) in [5.74, 6) is 0. The van der Waals surface area contributed by atoms with Crippen LogP contribution in [0.3, 0.4) is 0 Å². The Morgan fingerprint density at radius 3 is 2.68 bits per heavy atom. The van der Waals surface area contributed by atoms with Gasteiger partial charge in [0, 0.05) is 10.6 Å². The minimum atomic E-state index is -0.295. The van der Waals surface area contributed by atoms with Gasteiger partial charge in [-0.15, -0.1) is 11.3 Å². The Kier molecular flexibility index (Phi) is 5.72. The lowest BCUT2D eigenvalue weighted by Crippen LogP contribution is -2.19. The van der Waals surface area contributed by atoms with E-state index >= 15 is 0 Å². The predicted octanol–water partition coefficient (Wildman–Crippen LogP) is 5.49. The standard InChI is InChI=1S/C20H23N3OS/c1-2-3-6-14-9-11-15(12-10-14)22-20(24)23-19-17(13-21)16-7-4-5-8-18(16)25-19/h9-12H,2-8H2,1H3,(H2,22,23,24). The van der Waals surface area contributed by atoms with Gasteiger partial charge in [0.2, 0.25) is 0 Å². The molecule has 3 rings (SSSR count). The number of hydrogen-bond acceptors (Lipinski definition) is 3. The summed E-state index contributed by atoms with van der Waals surface area (Å²) in [5, 5.41) is 15.8. The number of urea groups is 1. The normalized spacial score (nSPS) is 13.0. The van der Waals surface area contributed by atoms with Crippen LogP contribution in [0.2, 0.25) is 0 Å². The average Bonchev–Trinajstić information content (AvgIpc) is 2.97. The van der Waals surface area contributed by atoms with E-state index in [4.69, 9.17) is 0 Å². The summed E-state index contributed by atoms with van der Waals surface area (Å²) in [6.45, 7) is 2.18. The van der Waals surface area contributed by atoms with Crippen molar-refractivity contribution in [2.75, 3.05) is 10.6 Å². The predicted molar refractivity (Wildman–Crippen MR) is 103 cm³/mol. The van der Waals surface area contributed by atoms with Crippen molar-refractivity contribution >= 4 is 28.1 Å². The Morgan fingerprint density at radius 2 is 1.96 bits per heavy atom. The van der Waals surface area contributed by atoms with Gasteiger partial charge in [-0.2, -0.15) is 5.26 Å². The molecule has 1 heterocycles. The Labute approximate surface area is 152 Å². The van der Waals surface area contributed by atoms with Crippen LogP contribution in [0.4, 0.5) is 15.5 Å². The molecule has 1 aliphatic carbocycles. The first-order chi connectivity index (χ1) is 12.2. The maximum absolute atomic E-state index is 12.3. The molecule has 130 valence electrons. The van der Waals surface area contributed by atoms with Crippen LogP contribution in [0.15, 0.2) is 24.3 Å². The lowest BCUT2D eigenvalue weighted by Gasteiger charge is -2.09. The maximum Gasteiger partial charge on any atom is 0.324 e. The molecule has 0 aliphatic heterocycles. The largest absolute Gasteiger partial charge is 0.324 e. The van der Waals surface area contributed by atoms with Crippen LogP contribution in [0.5, 0.6) is 0 Å². The first kappa shape index (κ1) is 17.5. The van der Waals surface area contributed by atoms with E-state index in [0.29, 0.717) is 10.6 Å². The molecule has 0 radical (unpaired) electrons. The maximum atomic E-state index is 12.3. The number of benzene rings is 1. The van der Waals surface area contributed by atoms with E-state index in [1.807, 2.05) is 12.1 Å². The van der Waals surface area contributed by atoms with E-state index in [0.717, 1.165) is 43.4 Å². The summed E-state index contributed by atoms with van der Waals surface area (Å²) in [7, 11) is 0. The summed E-state index contributed by atoms with van der Waals surface area (Å²) in [4.78, 5) is 13.5. The molecule has 0 saturated heterocycles. The number of nitriles is 1. The zero-order chi connectivity index (χ0) is 17.6. The number of carbonyl (C=O) groups excluding carboxylic acids is 1. The van der Waals surface area contributed by atoms with E-state index in [-0.39, 0.29) is 6.03 Å². The molecule has 0 atom stereocenters. The summed E-state index contributed by atoms with van der Waals surface area (Å²) in [6, 6.07) is 9.93. The van der Waals surface area contributed by atoms with Crippen LogP contribution in [-0.4, -0.2) is 6.03 Å². The lowest BCUT2D eigenvalue weighted by atomic mass is 9.96. The third-order valence-corrected chi connectivity index (χ3v) is 5.75. The van der Waals surface area contributed by atoms with E-state index in [1.165, 1.54) is 23.3 Å². The molecule has 1 aromatic carbocycles. The molecule has 1 aliphatic rings. The molecular weight excluding hydrogens is 330 g/mol. The summed E-state index contributed by atoms with van der Waals surface area (Å²) in [5.41, 5.74) is 3.82. The number of hydrogen-bond donors (Lipinski definition) is 2. The first-order valence-corrected chi connectivity index (χ1v) is 9.74. The third kappa shape index (κ3) is 4.21. The fourth-order valence-corrected chi connectivity index (χ4v) is 4.41. The summed E-state index contributed by atoms with van der Waals surface area (Å²) in [6.07, 6.45) is 7.65. The molecule has 25 heavy (non-hydrogen) atoms. The second-order valence-corrected chi connectivity index (χ2v) is 7.51. The highest BCUT2D eigenvalue weighted by Crippen LogP contribution is 2.37. The molecule has 5 heteroatoms. The van der Waals surface area contributed by atoms with Crippen LogP contribution in [0, 0.1) is 11.3 Å². The molecule has 0 bridgehead atoms. The van der Waals surface area contributed by atoms with Crippen molar-refractivity contribution in [1.82, 2.24) is 0 Å². The molecule has 2 amide bonds. The monoisotopic (exact) mass is 353 g/mol. The fourth-order valence-electron chi connectivity index (χ4n) is 3.17. The Hall–Kier alpha value is -2.32. The molecule has 1 aromatic heterocycles. The number of aryl methyl sites for hydroxylation is 2. The highest BCUT2D eigenvalue weighted by atomic mass is 32.1. The van der Waals surface area contributed by atoms with Gasteiger partial charge in [-0.25, -0.2) is 4.79 Å². The van der Waals surface area contributed by atoms with Crippen molar-refractivity contribution in [3.05, 3.63) is 45.8 Å². The van der Waals surface area contributed by atoms with Crippen LogP contribution in [-0.2, 0) is 19.3 Å². The number of nitrogens with one attached hydrogen (secondary N) is 2. The quantitative estimate of drug-likeness (QED) is 0.747. The van der Waals surface area contributed by atoms with Crippen LogP contribution in [0.25, 0.3) is 0 Å². The van der Waals surface area contributed by atoms with Crippen LogP contribution < -0.4 is 10.6 Å². The van der Waals surface area contributed by atoms with Gasteiger partial charge in [-0.1, -0.05) is 25.5 Å². The van der Waals surface area contributed by atoms with Gasteiger partial charge in [0.05, 0.1) is 5.56 Å². The minimum absolute atomic E-state index is 0.295. The molecule has 0 fully saturated rings. The molecule has 2 aromatic rings. The van der Waals surface area contributed by atoms with Gasteiger partial charge >= 0.3 is 6.03 Å². The van der Waals surface area contributed by atoms with Crippen molar-refractivity contribution in [2.24, 2.45) is 0 Å². The van der Waals surface area contributed by atoms with Crippen molar-refractivity contribution in [3.63, 3.8) is 0 Å². The SMILES string of the molecule is CCCCc1ccc(NC(=O)Nc2sc3c(c2C#N)CCCC3)cc1. The second kappa shape index (κ2) is 8.17. The lowest BCUT2D eigenvalue weighted by molar-refractivity contribution is 0.262. The number of carbonyl (C=O) groups is 1. The van der Waals surface area contributed by atoms with E-state index in [9.17, 15) is 10.1 Å². The van der Waals surface area contributed by atoms with E-state index in [2.05, 4.69) is 35.8 Å². The number of amides is 2. The van der Waals surface area contributed by atoms with Crippen molar-refractivity contribution < 1.29 is 4.79 Å². The molecule has 0 unspecified atom stereocenters. The Balaban J connectivity index is 1.65. The van der Waals surface area contributed by atoms with Crippen LogP contribution >= 0.6 is 11.3 Å². The number of thiophene rings is 1. The van der Waals surface area contributed by atoms with Gasteiger partial charge in [-0.3, -0.25) is 5.32 Å². The first-order valence-electron chi connectivity index (χ1n) is 8.93. The number of anilines is 2. The number of fused-ring (bicyclic) bond motifs is 1. The second-order valence-electron chi connectivity index (χ2n) is 6.41. The van der Waals surface area contributed by atoms with Crippen LogP contribution in [0.1, 0.15) is 54.2 Å². The molecule has 0 spiro atoms. The zero-order valence-electron chi connectivity index (χ0n) is 14.5. The number of rotatable bonds is 5. The highest BCUT2D eigenvalue weighted by molar-refractivity contribution is 7.16. The van der Waals surface area contributed by atoms with Gasteiger partial charge < -0.3 is 5.32 Å². The topological polar surface area (TPSA) is 64.9 Å². The minimum Gasteiger partial charge on any atom is -0.308 e. The molecular formula is C20H23N3OS. The van der Waals surface area contributed by atoms with Gasteiger partial charge in [0.15, 0.2) is 0 Å². The van der Waals surface area contributed by atoms with Gasteiger partial charge in [0.1, 0.15) is 11.1 Å². The Bertz CT molecular complexity index is 787. The summed E-state index contributed by atoms with van der Waals surface area (Å²) >= 11 is 1.54. The summed E-state index contributed by atoms with van der Waals surface area (Å²) < 4.78 is 0. The Morgan fingerprint density at radius 1 is 1.20 bits per heavy atom. The van der Waals surface area contributed by atoms with E-state index in [1.54, 1.807) is 11.3 Å². The number of nitrogens with zero attached hydrogens (tertiary/aromatic N) is 1. The smallest absolute Gasteiger partial charge is 0.308 e. The number of unbranched alkanes of at least 4 members (excludes halogenated alkanes) is 1. The zero-order valence-corrected chi connectivity index (χ0v) is 15.3. The molecule has 4 nitrogen and oxygen atoms in total. The van der Waals surface area contributed by atoms with Gasteiger partial charge in [0.25, 0.3) is 0 Å². The van der Waals surface area contributed by atoms with Crippen molar-refractivity contribution in [3.8, 4) is 6.07 Å². The average molecular weight is 353 g/mol. The molecule has 0 saturated carbocycles. The molecule has 2 N–H and O–H groups in total. The van der Waals surface area contributed by atoms with E-state index < -0.39 is 0 Å². The third-order valence-electron chi connectivity index (χ3n) is 4.54. The fraction of sp³-hybridized carbons (Fsp3) is 0.400.